The van der Waals surface area contributed by atoms with E-state index in [0.717, 1.165) is 23.3 Å². The van der Waals surface area contributed by atoms with Crippen LogP contribution in [0, 0.1) is 0 Å². The molecule has 4 N–H and O–H groups in total. The van der Waals surface area contributed by atoms with E-state index >= 15 is 0 Å². The van der Waals surface area contributed by atoms with Gasteiger partial charge >= 0.3 is 0 Å². The first-order valence-electron chi connectivity index (χ1n) is 11.4. The van der Waals surface area contributed by atoms with Crippen molar-refractivity contribution < 1.29 is 4.79 Å². The summed E-state index contributed by atoms with van der Waals surface area (Å²) in [6.45, 7) is 0.811. The molecular weight excluding hydrogens is 454 g/mol. The Kier molecular flexibility index (Phi) is 8.18. The summed E-state index contributed by atoms with van der Waals surface area (Å²) in [7, 11) is 1.93. The third-order valence-corrected chi connectivity index (χ3v) is 5.30. The van der Waals surface area contributed by atoms with Crippen LogP contribution < -0.4 is 21.7 Å². The van der Waals surface area contributed by atoms with Crippen LogP contribution >= 0.6 is 0 Å². The summed E-state index contributed by atoms with van der Waals surface area (Å²) in [4.78, 5) is 35.3. The van der Waals surface area contributed by atoms with E-state index in [-0.39, 0.29) is 17.8 Å². The van der Waals surface area contributed by atoms with E-state index in [1.807, 2.05) is 80.0 Å². The zero-order valence-electron chi connectivity index (χ0n) is 19.8. The molecule has 0 amide bonds. The molecule has 0 aliphatic carbocycles. The van der Waals surface area contributed by atoms with E-state index in [1.54, 1.807) is 6.20 Å². The van der Waals surface area contributed by atoms with Gasteiger partial charge in [0, 0.05) is 41.1 Å². The van der Waals surface area contributed by atoms with Gasteiger partial charge in [-0.15, -0.1) is 0 Å². The molecule has 3 aromatic heterocycles. The normalized spacial score (nSPS) is 10.4. The van der Waals surface area contributed by atoms with E-state index in [0.29, 0.717) is 12.1 Å². The monoisotopic (exact) mass is 481 g/mol. The molecule has 0 unspecified atom stereocenters. The fourth-order valence-corrected chi connectivity index (χ4v) is 3.62. The van der Waals surface area contributed by atoms with Crippen LogP contribution in [0.2, 0.25) is 0 Å². The van der Waals surface area contributed by atoms with Crippen LogP contribution in [-0.2, 0) is 17.9 Å². The number of rotatable bonds is 8. The average Bonchev–Trinajstić information content (AvgIpc) is 3.33. The van der Waals surface area contributed by atoms with Crippen LogP contribution in [-0.4, -0.2) is 32.9 Å². The van der Waals surface area contributed by atoms with E-state index in [1.165, 1.54) is 21.8 Å². The number of H-pyrrole nitrogens is 1. The van der Waals surface area contributed by atoms with Crippen LogP contribution in [0.1, 0.15) is 5.69 Å². The van der Waals surface area contributed by atoms with Crippen molar-refractivity contribution in [3.8, 4) is 11.4 Å². The number of aromatic amines is 1. The number of nitrogens with one attached hydrogen (secondary N) is 4. The van der Waals surface area contributed by atoms with E-state index < -0.39 is 0 Å². The van der Waals surface area contributed by atoms with Gasteiger partial charge in [0.25, 0.3) is 5.56 Å². The second kappa shape index (κ2) is 12.1. The van der Waals surface area contributed by atoms with Gasteiger partial charge in [-0.2, -0.15) is 0 Å². The zero-order valence-corrected chi connectivity index (χ0v) is 19.8. The molecule has 0 saturated heterocycles. The molecule has 0 spiro atoms. The highest BCUT2D eigenvalue weighted by atomic mass is 16.1. The number of hydrazine groups is 1. The number of benzene rings is 2. The summed E-state index contributed by atoms with van der Waals surface area (Å²) < 4.78 is 1.34. The smallest absolute Gasteiger partial charge is 0.279 e. The quantitative estimate of drug-likeness (QED) is 0.197. The summed E-state index contributed by atoms with van der Waals surface area (Å²) in [6.07, 6.45) is 5.80. The summed E-state index contributed by atoms with van der Waals surface area (Å²) >= 11 is 0. The highest BCUT2D eigenvalue weighted by Crippen LogP contribution is 2.16. The fourth-order valence-electron chi connectivity index (χ4n) is 3.62. The Balaban J connectivity index is 0.000000211. The molecule has 182 valence electrons. The Morgan fingerprint density at radius 3 is 2.42 bits per heavy atom. The zero-order chi connectivity index (χ0) is 25.2. The highest BCUT2D eigenvalue weighted by Gasteiger charge is 2.11. The van der Waals surface area contributed by atoms with Crippen LogP contribution in [0.3, 0.4) is 0 Å². The van der Waals surface area contributed by atoms with Gasteiger partial charge in [0.1, 0.15) is 17.8 Å². The molecule has 0 radical (unpaired) electrons. The van der Waals surface area contributed by atoms with E-state index in [9.17, 15) is 9.59 Å². The van der Waals surface area contributed by atoms with Crippen LogP contribution in [0.4, 0.5) is 11.4 Å². The van der Waals surface area contributed by atoms with Crippen LogP contribution in [0.25, 0.3) is 22.3 Å². The van der Waals surface area contributed by atoms with Crippen molar-refractivity contribution in [2.75, 3.05) is 17.9 Å². The predicted molar refractivity (Wildman–Crippen MR) is 143 cm³/mol. The molecule has 0 bridgehead atoms. The van der Waals surface area contributed by atoms with Crippen molar-refractivity contribution in [2.45, 2.75) is 13.1 Å². The molecule has 9 heteroatoms. The number of nitrogens with zero attached hydrogens (tertiary/aromatic N) is 3. The lowest BCUT2D eigenvalue weighted by atomic mass is 10.2. The maximum Gasteiger partial charge on any atom is 0.279 e. The summed E-state index contributed by atoms with van der Waals surface area (Å²) in [6, 6.07) is 22.8. The molecule has 3 heterocycles. The van der Waals surface area contributed by atoms with Crippen molar-refractivity contribution in [3.05, 3.63) is 107 Å². The predicted octanol–water partition coefficient (Wildman–Crippen LogP) is 3.83. The average molecular weight is 482 g/mol. The lowest BCUT2D eigenvalue weighted by Gasteiger charge is -2.13. The Bertz CT molecular complexity index is 1430. The number of para-hydroxylation sites is 1. The summed E-state index contributed by atoms with van der Waals surface area (Å²) in [5.74, 6) is 0.456. The second-order valence-corrected chi connectivity index (χ2v) is 7.85. The number of hydrogen-bond acceptors (Lipinski definition) is 7. The molecule has 5 aromatic rings. The van der Waals surface area contributed by atoms with Crippen molar-refractivity contribution in [2.24, 2.45) is 0 Å². The third kappa shape index (κ3) is 6.02. The second-order valence-electron chi connectivity index (χ2n) is 7.85. The number of aromatic nitrogens is 4. The van der Waals surface area contributed by atoms with Crippen molar-refractivity contribution in [1.82, 2.24) is 24.8 Å². The molecule has 0 aliphatic rings. The maximum absolute atomic E-state index is 12.6. The topological polar surface area (TPSA) is 117 Å². The number of anilines is 2. The largest absolute Gasteiger partial charge is 0.357 e. The van der Waals surface area contributed by atoms with E-state index in [2.05, 4.69) is 37.2 Å². The van der Waals surface area contributed by atoms with Crippen LogP contribution in [0.5, 0.6) is 0 Å². The van der Waals surface area contributed by atoms with Gasteiger partial charge in [0.15, 0.2) is 0 Å². The number of hydrogen-bond donors (Lipinski definition) is 4. The Hall–Kier alpha value is -4.76. The standard InChI is InChI=1S/C18H16N4O2.C9H11N3/c23-12-11-22-17(14-7-3-1-4-8-14)19-13-16(18(22)24)21-20-15-9-5-2-6-10-15;1-10-6-8-4-7-5-11-3-2-9(7)12-8/h1-10,12-13,20-21H,11H2;2-5,10,12H,6H2,1H3. The van der Waals surface area contributed by atoms with Gasteiger partial charge in [-0.05, 0) is 31.3 Å². The molecule has 5 rings (SSSR count). The molecule has 2 aromatic carbocycles. The first-order chi connectivity index (χ1) is 17.7. The molecule has 0 saturated carbocycles. The molecule has 36 heavy (non-hydrogen) atoms. The number of fused-ring (bicyclic) bond motifs is 1. The van der Waals surface area contributed by atoms with Crippen molar-refractivity contribution in [1.29, 1.82) is 0 Å². The number of carbonyl (C=O) groups excluding carboxylic acids is 1. The summed E-state index contributed by atoms with van der Waals surface area (Å²) in [5.41, 5.74) is 9.66. The molecule has 0 aliphatic heterocycles. The molecular formula is C27H27N7O2. The van der Waals surface area contributed by atoms with E-state index in [4.69, 9.17) is 0 Å². The number of carbonyl (C=O) groups is 1. The van der Waals surface area contributed by atoms with Gasteiger partial charge < -0.3 is 20.5 Å². The minimum absolute atomic E-state index is 0.0586. The third-order valence-electron chi connectivity index (χ3n) is 5.30. The lowest BCUT2D eigenvalue weighted by Crippen LogP contribution is -2.28. The van der Waals surface area contributed by atoms with Crippen molar-refractivity contribution in [3.63, 3.8) is 0 Å². The first kappa shape index (κ1) is 24.4. The van der Waals surface area contributed by atoms with Gasteiger partial charge in [-0.1, -0.05) is 48.5 Å². The van der Waals surface area contributed by atoms with Gasteiger partial charge in [0.2, 0.25) is 0 Å². The van der Waals surface area contributed by atoms with Gasteiger partial charge in [-0.25, -0.2) is 4.98 Å². The molecule has 0 fully saturated rings. The Morgan fingerprint density at radius 1 is 0.972 bits per heavy atom. The Labute approximate surface area is 208 Å². The minimum Gasteiger partial charge on any atom is -0.357 e. The van der Waals surface area contributed by atoms with Gasteiger partial charge in [-0.3, -0.25) is 19.8 Å². The molecule has 9 nitrogen and oxygen atoms in total. The highest BCUT2D eigenvalue weighted by molar-refractivity contribution is 5.79. The lowest BCUT2D eigenvalue weighted by molar-refractivity contribution is -0.108. The van der Waals surface area contributed by atoms with Crippen LogP contribution in [0.15, 0.2) is 96.2 Å². The van der Waals surface area contributed by atoms with Gasteiger partial charge in [0.05, 0.1) is 18.4 Å². The minimum atomic E-state index is -0.320. The summed E-state index contributed by atoms with van der Waals surface area (Å²) in [5, 5.41) is 4.26. The fraction of sp³-hybridized carbons (Fsp3) is 0.111. The maximum atomic E-state index is 12.6. The SMILES string of the molecule is CNCc1cc2cnccc2[nH]1.O=CCn1c(-c2ccccc2)ncc(NNc2ccccc2)c1=O. The number of pyridine rings is 1. The Morgan fingerprint density at radius 2 is 1.72 bits per heavy atom. The first-order valence-corrected chi connectivity index (χ1v) is 11.4. The van der Waals surface area contributed by atoms with Crippen molar-refractivity contribution >= 4 is 28.6 Å². The molecule has 0 atom stereocenters. The number of aldehydes is 1.